The van der Waals surface area contributed by atoms with E-state index in [4.69, 9.17) is 11.6 Å². The van der Waals surface area contributed by atoms with E-state index in [0.29, 0.717) is 10.7 Å². The number of amides is 2. The van der Waals surface area contributed by atoms with Crippen LogP contribution in [0.4, 0.5) is 5.69 Å². The molecule has 118 valence electrons. The van der Waals surface area contributed by atoms with E-state index in [9.17, 15) is 9.59 Å². The molecule has 0 saturated heterocycles. The smallest absolute Gasteiger partial charge is 0.317 e. The average molecular weight is 395 g/mol. The number of hydrogen-bond acceptors (Lipinski definition) is 3. The normalized spacial score (nSPS) is 10.6. The molecule has 0 unspecified atom stereocenters. The first-order valence-electron chi connectivity index (χ1n) is 6.62. The predicted octanol–water partition coefficient (Wildman–Crippen LogP) is 3.50. The van der Waals surface area contributed by atoms with Crippen molar-refractivity contribution in [2.45, 2.75) is 6.92 Å². The van der Waals surface area contributed by atoms with Crippen LogP contribution in [0.3, 0.4) is 0 Å². The molecule has 0 bridgehead atoms. The van der Waals surface area contributed by atoms with Gasteiger partial charge in [0.25, 0.3) is 0 Å². The van der Waals surface area contributed by atoms with E-state index in [1.165, 1.54) is 6.21 Å². The third-order valence-electron chi connectivity index (χ3n) is 2.87. The fraction of sp³-hybridized carbons (Fsp3) is 0.0625. The van der Waals surface area contributed by atoms with E-state index in [-0.39, 0.29) is 0 Å². The van der Waals surface area contributed by atoms with Gasteiger partial charge in [0, 0.05) is 15.2 Å². The van der Waals surface area contributed by atoms with Crippen LogP contribution in [0.25, 0.3) is 0 Å². The minimum absolute atomic E-state index is 0.519. The number of nitrogens with one attached hydrogen (secondary N) is 2. The predicted molar refractivity (Wildman–Crippen MR) is 94.7 cm³/mol. The molecule has 0 heterocycles. The monoisotopic (exact) mass is 393 g/mol. The Hall–Kier alpha value is -2.18. The lowest BCUT2D eigenvalue weighted by Gasteiger charge is -2.07. The molecule has 5 nitrogen and oxygen atoms in total. The number of nitrogens with zero attached hydrogens (tertiary/aromatic N) is 1. The van der Waals surface area contributed by atoms with E-state index in [1.54, 1.807) is 25.1 Å². The number of benzene rings is 2. The Morgan fingerprint density at radius 2 is 1.96 bits per heavy atom. The molecule has 7 heteroatoms. The molecule has 0 radical (unpaired) electrons. The Labute approximate surface area is 146 Å². The highest BCUT2D eigenvalue weighted by molar-refractivity contribution is 9.10. The maximum absolute atomic E-state index is 11.8. The summed E-state index contributed by atoms with van der Waals surface area (Å²) in [5, 5.41) is 6.82. The van der Waals surface area contributed by atoms with Crippen LogP contribution in [0.5, 0.6) is 0 Å². The molecule has 0 aliphatic rings. The summed E-state index contributed by atoms with van der Waals surface area (Å²) in [5.41, 5.74) is 4.24. The number of hydrogen-bond donors (Lipinski definition) is 2. The molecule has 2 aromatic rings. The number of carbonyl (C=O) groups is 2. The Morgan fingerprint density at radius 1 is 1.17 bits per heavy atom. The van der Waals surface area contributed by atoms with Gasteiger partial charge in [-0.25, -0.2) is 5.43 Å². The van der Waals surface area contributed by atoms with Gasteiger partial charge < -0.3 is 5.32 Å². The first kappa shape index (κ1) is 17.2. The molecule has 0 atom stereocenters. The maximum atomic E-state index is 11.8. The molecule has 2 amide bonds. The zero-order chi connectivity index (χ0) is 16.8. The van der Waals surface area contributed by atoms with Crippen LogP contribution in [0.2, 0.25) is 5.02 Å². The van der Waals surface area contributed by atoms with Crippen molar-refractivity contribution in [2.24, 2.45) is 5.10 Å². The van der Waals surface area contributed by atoms with Crippen LogP contribution in [-0.4, -0.2) is 18.0 Å². The van der Waals surface area contributed by atoms with E-state index >= 15 is 0 Å². The standard InChI is InChI=1S/C16H13BrClN3O2/c1-10-7-13(18)5-6-14(10)20-15(22)16(23)21-19-9-11-3-2-4-12(17)8-11/h2-9H,1H3,(H,20,22)(H,21,23)/b19-9+. The van der Waals surface area contributed by atoms with Crippen molar-refractivity contribution in [3.05, 3.63) is 63.1 Å². The van der Waals surface area contributed by atoms with E-state index < -0.39 is 11.8 Å². The third kappa shape index (κ3) is 5.19. The molecule has 2 aromatic carbocycles. The summed E-state index contributed by atoms with van der Waals surface area (Å²) in [6.45, 7) is 1.78. The van der Waals surface area contributed by atoms with Crippen molar-refractivity contribution in [1.82, 2.24) is 5.43 Å². The average Bonchev–Trinajstić information content (AvgIpc) is 2.50. The molecule has 2 rings (SSSR count). The van der Waals surface area contributed by atoms with Crippen LogP contribution in [-0.2, 0) is 9.59 Å². The van der Waals surface area contributed by atoms with Crippen molar-refractivity contribution in [3.8, 4) is 0 Å². The second-order valence-electron chi connectivity index (χ2n) is 4.67. The SMILES string of the molecule is Cc1cc(Cl)ccc1NC(=O)C(=O)N/N=C/c1cccc(Br)c1. The van der Waals surface area contributed by atoms with Gasteiger partial charge in [-0.05, 0) is 48.4 Å². The largest absolute Gasteiger partial charge is 0.329 e. The molecular formula is C16H13BrClN3O2. The van der Waals surface area contributed by atoms with Gasteiger partial charge >= 0.3 is 11.8 Å². The lowest BCUT2D eigenvalue weighted by atomic mass is 10.2. The zero-order valence-electron chi connectivity index (χ0n) is 12.1. The number of rotatable bonds is 3. The Balaban J connectivity index is 1.93. The van der Waals surface area contributed by atoms with Gasteiger partial charge in [0.1, 0.15) is 0 Å². The lowest BCUT2D eigenvalue weighted by molar-refractivity contribution is -0.136. The minimum Gasteiger partial charge on any atom is -0.317 e. The summed E-state index contributed by atoms with van der Waals surface area (Å²) >= 11 is 9.17. The van der Waals surface area contributed by atoms with Crippen LogP contribution in [0, 0.1) is 6.92 Å². The van der Waals surface area contributed by atoms with Crippen molar-refractivity contribution in [1.29, 1.82) is 0 Å². The molecule has 0 aliphatic heterocycles. The number of anilines is 1. The first-order valence-corrected chi connectivity index (χ1v) is 7.79. The molecule has 0 aromatic heterocycles. The fourth-order valence-corrected chi connectivity index (χ4v) is 2.39. The molecule has 0 spiro atoms. The second-order valence-corrected chi connectivity index (χ2v) is 6.02. The van der Waals surface area contributed by atoms with Crippen LogP contribution < -0.4 is 10.7 Å². The van der Waals surface area contributed by atoms with Crippen molar-refractivity contribution in [3.63, 3.8) is 0 Å². The van der Waals surface area contributed by atoms with Crippen molar-refractivity contribution in [2.75, 3.05) is 5.32 Å². The summed E-state index contributed by atoms with van der Waals surface area (Å²) in [5.74, 6) is -1.66. The first-order chi connectivity index (χ1) is 11.0. The highest BCUT2D eigenvalue weighted by Crippen LogP contribution is 2.19. The second kappa shape index (κ2) is 7.89. The van der Waals surface area contributed by atoms with Gasteiger partial charge in [-0.3, -0.25) is 9.59 Å². The van der Waals surface area contributed by atoms with E-state index in [1.807, 2.05) is 24.3 Å². The highest BCUT2D eigenvalue weighted by Gasteiger charge is 2.13. The molecule has 23 heavy (non-hydrogen) atoms. The molecule has 2 N–H and O–H groups in total. The number of aryl methyl sites for hydroxylation is 1. The summed E-state index contributed by atoms with van der Waals surface area (Å²) in [6, 6.07) is 12.3. The van der Waals surface area contributed by atoms with E-state index in [0.717, 1.165) is 15.6 Å². The maximum Gasteiger partial charge on any atom is 0.329 e. The minimum atomic E-state index is -0.856. The quantitative estimate of drug-likeness (QED) is 0.475. The lowest BCUT2D eigenvalue weighted by Crippen LogP contribution is -2.32. The summed E-state index contributed by atoms with van der Waals surface area (Å²) in [4.78, 5) is 23.5. The van der Waals surface area contributed by atoms with Gasteiger partial charge in [-0.2, -0.15) is 5.10 Å². The van der Waals surface area contributed by atoms with Crippen LogP contribution >= 0.6 is 27.5 Å². The van der Waals surface area contributed by atoms with Gasteiger partial charge in [0.15, 0.2) is 0 Å². The van der Waals surface area contributed by atoms with Crippen LogP contribution in [0.15, 0.2) is 52.0 Å². The number of hydrazone groups is 1. The van der Waals surface area contributed by atoms with Gasteiger partial charge in [0.05, 0.1) is 6.21 Å². The van der Waals surface area contributed by atoms with Crippen LogP contribution in [0.1, 0.15) is 11.1 Å². The van der Waals surface area contributed by atoms with Crippen molar-refractivity contribution >= 4 is 51.2 Å². The van der Waals surface area contributed by atoms with Gasteiger partial charge in [0.2, 0.25) is 0 Å². The third-order valence-corrected chi connectivity index (χ3v) is 3.60. The number of halogens is 2. The van der Waals surface area contributed by atoms with E-state index in [2.05, 4.69) is 31.8 Å². The zero-order valence-corrected chi connectivity index (χ0v) is 14.5. The van der Waals surface area contributed by atoms with Gasteiger partial charge in [-0.1, -0.05) is 39.7 Å². The Kier molecular flexibility index (Phi) is 5.90. The number of carbonyl (C=O) groups excluding carboxylic acids is 2. The molecule has 0 fully saturated rings. The summed E-state index contributed by atoms with van der Waals surface area (Å²) in [7, 11) is 0. The summed E-state index contributed by atoms with van der Waals surface area (Å²) in [6.07, 6.45) is 1.45. The fourth-order valence-electron chi connectivity index (χ4n) is 1.75. The van der Waals surface area contributed by atoms with Gasteiger partial charge in [-0.15, -0.1) is 0 Å². The Bertz CT molecular complexity index is 778. The molecule has 0 saturated carbocycles. The molecule has 0 aliphatic carbocycles. The van der Waals surface area contributed by atoms with Crippen molar-refractivity contribution < 1.29 is 9.59 Å². The topological polar surface area (TPSA) is 70.6 Å². The Morgan fingerprint density at radius 3 is 2.65 bits per heavy atom. The highest BCUT2D eigenvalue weighted by atomic mass is 79.9. The molecular weight excluding hydrogens is 382 g/mol. The summed E-state index contributed by atoms with van der Waals surface area (Å²) < 4.78 is 0.892.